The molecule has 35 heavy (non-hydrogen) atoms. The zero-order chi connectivity index (χ0) is 25.0. The molecule has 0 aliphatic carbocycles. The van der Waals surface area contributed by atoms with Crippen LogP contribution in [0.25, 0.3) is 11.0 Å². The first kappa shape index (κ1) is 25.5. The lowest BCUT2D eigenvalue weighted by molar-refractivity contribution is 0.237. The number of aromatic nitrogens is 2. The molecule has 1 atom stereocenters. The Morgan fingerprint density at radius 1 is 1.00 bits per heavy atom. The number of halogens is 1. The fraction of sp³-hybridized carbons (Fsp3) is 0.517. The van der Waals surface area contributed by atoms with Crippen LogP contribution in [0.5, 0.6) is 0 Å². The highest BCUT2D eigenvalue weighted by atomic mass is 35.5. The molecular weight excluding hydrogens is 454 g/mol. The largest absolute Gasteiger partial charge is 0.340 e. The van der Waals surface area contributed by atoms with Gasteiger partial charge in [0.2, 0.25) is 5.95 Å². The molecule has 0 bridgehead atoms. The highest BCUT2D eigenvalue weighted by Crippen LogP contribution is 2.40. The summed E-state index contributed by atoms with van der Waals surface area (Å²) in [7, 11) is 0. The maximum atomic E-state index is 10.2. The summed E-state index contributed by atoms with van der Waals surface area (Å²) >= 11 is 6.53. The van der Waals surface area contributed by atoms with Crippen molar-refractivity contribution in [1.82, 2.24) is 14.5 Å². The molecule has 1 unspecified atom stereocenters. The van der Waals surface area contributed by atoms with Crippen molar-refractivity contribution in [3.63, 3.8) is 0 Å². The number of hydrogen-bond donors (Lipinski definition) is 0. The molecule has 2 aromatic carbocycles. The van der Waals surface area contributed by atoms with Crippen molar-refractivity contribution < 1.29 is 0 Å². The molecule has 0 saturated carbocycles. The minimum atomic E-state index is -0.554. The summed E-state index contributed by atoms with van der Waals surface area (Å²) in [5.41, 5.74) is 2.71. The molecular formula is C29H38ClN5. The SMILES string of the molecule is CC(C)Cn1c(N2CCN(CCCC(C#N)(c3ccccc3Cl)C(C)C)CC2)nc2ccccc21. The molecule has 1 fully saturated rings. The van der Waals surface area contributed by atoms with Crippen LogP contribution in [0.1, 0.15) is 46.1 Å². The van der Waals surface area contributed by atoms with Crippen LogP contribution in [0.15, 0.2) is 48.5 Å². The Bertz CT molecular complexity index is 1170. The lowest BCUT2D eigenvalue weighted by Gasteiger charge is -2.37. The van der Waals surface area contributed by atoms with Crippen LogP contribution >= 0.6 is 11.6 Å². The standard InChI is InChI=1S/C29H38ClN5/c1-22(2)20-35-27-13-8-7-12-26(27)32-28(35)34-18-16-33(17-19-34)15-9-14-29(21-31,23(3)4)24-10-5-6-11-25(24)30/h5-8,10-13,22-23H,9,14-20H2,1-4H3. The van der Waals surface area contributed by atoms with E-state index in [1.54, 1.807) is 0 Å². The summed E-state index contributed by atoms with van der Waals surface area (Å²) in [5, 5.41) is 10.9. The number of piperazine rings is 1. The van der Waals surface area contributed by atoms with Gasteiger partial charge < -0.3 is 9.47 Å². The summed E-state index contributed by atoms with van der Waals surface area (Å²) < 4.78 is 2.39. The first-order valence-electron chi connectivity index (χ1n) is 12.9. The fourth-order valence-corrected chi connectivity index (χ4v) is 5.71. The van der Waals surface area contributed by atoms with Gasteiger partial charge in [0.25, 0.3) is 0 Å². The number of benzene rings is 2. The lowest BCUT2D eigenvalue weighted by Crippen LogP contribution is -2.47. The lowest BCUT2D eigenvalue weighted by atomic mass is 9.70. The van der Waals surface area contributed by atoms with Gasteiger partial charge in [0.1, 0.15) is 0 Å². The van der Waals surface area contributed by atoms with E-state index in [4.69, 9.17) is 16.6 Å². The molecule has 0 amide bonds. The number of fused-ring (bicyclic) bond motifs is 1. The molecule has 0 radical (unpaired) electrons. The molecule has 1 aliphatic heterocycles. The molecule has 0 N–H and O–H groups in total. The number of imidazole rings is 1. The van der Waals surface area contributed by atoms with Crippen molar-refractivity contribution >= 4 is 28.6 Å². The Kier molecular flexibility index (Phi) is 8.04. The molecule has 0 spiro atoms. The van der Waals surface area contributed by atoms with Gasteiger partial charge in [0, 0.05) is 37.7 Å². The fourth-order valence-electron chi connectivity index (χ4n) is 5.40. The van der Waals surface area contributed by atoms with Crippen molar-refractivity contribution in [2.24, 2.45) is 11.8 Å². The van der Waals surface area contributed by atoms with Crippen LogP contribution in [0, 0.1) is 23.2 Å². The summed E-state index contributed by atoms with van der Waals surface area (Å²) in [5.74, 6) is 1.85. The number of nitriles is 1. The van der Waals surface area contributed by atoms with Gasteiger partial charge >= 0.3 is 0 Å². The van der Waals surface area contributed by atoms with E-state index in [9.17, 15) is 5.26 Å². The molecule has 186 valence electrons. The Morgan fingerprint density at radius 3 is 2.34 bits per heavy atom. The number of rotatable bonds is 9. The van der Waals surface area contributed by atoms with Crippen LogP contribution in [0.2, 0.25) is 5.02 Å². The number of para-hydroxylation sites is 2. The average molecular weight is 492 g/mol. The van der Waals surface area contributed by atoms with Crippen molar-refractivity contribution in [2.45, 2.75) is 52.5 Å². The third kappa shape index (κ3) is 5.34. The highest BCUT2D eigenvalue weighted by Gasteiger charge is 2.37. The van der Waals surface area contributed by atoms with E-state index >= 15 is 0 Å². The van der Waals surface area contributed by atoms with E-state index in [0.717, 1.165) is 69.1 Å². The summed E-state index contributed by atoms with van der Waals surface area (Å²) in [6, 6.07) is 19.0. The van der Waals surface area contributed by atoms with Crippen molar-refractivity contribution in [1.29, 1.82) is 5.26 Å². The summed E-state index contributed by atoms with van der Waals surface area (Å²) in [4.78, 5) is 9.97. The van der Waals surface area contributed by atoms with Crippen molar-refractivity contribution in [2.75, 3.05) is 37.6 Å². The maximum Gasteiger partial charge on any atom is 0.206 e. The quantitative estimate of drug-likeness (QED) is 0.349. The number of anilines is 1. The molecule has 4 rings (SSSR count). The second-order valence-electron chi connectivity index (χ2n) is 10.6. The topological polar surface area (TPSA) is 48.1 Å². The van der Waals surface area contributed by atoms with Crippen LogP contribution in [0.3, 0.4) is 0 Å². The Hall–Kier alpha value is -2.55. The van der Waals surface area contributed by atoms with Crippen LogP contribution in [-0.2, 0) is 12.0 Å². The molecule has 3 aromatic rings. The zero-order valence-electron chi connectivity index (χ0n) is 21.5. The van der Waals surface area contributed by atoms with Gasteiger partial charge in [-0.25, -0.2) is 4.98 Å². The van der Waals surface area contributed by atoms with Gasteiger partial charge in [-0.1, -0.05) is 69.6 Å². The van der Waals surface area contributed by atoms with Crippen LogP contribution < -0.4 is 4.90 Å². The van der Waals surface area contributed by atoms with Crippen molar-refractivity contribution in [3.8, 4) is 6.07 Å². The Balaban J connectivity index is 1.40. The molecule has 2 heterocycles. The zero-order valence-corrected chi connectivity index (χ0v) is 22.3. The normalized spacial score (nSPS) is 16.7. The van der Waals surface area contributed by atoms with E-state index in [1.807, 2.05) is 24.3 Å². The summed E-state index contributed by atoms with van der Waals surface area (Å²) in [6.07, 6.45) is 1.79. The minimum Gasteiger partial charge on any atom is -0.340 e. The van der Waals surface area contributed by atoms with Gasteiger partial charge in [-0.3, -0.25) is 4.90 Å². The predicted molar refractivity (Wildman–Crippen MR) is 146 cm³/mol. The minimum absolute atomic E-state index is 0.193. The number of nitrogens with zero attached hydrogens (tertiary/aromatic N) is 5. The number of hydrogen-bond acceptors (Lipinski definition) is 4. The average Bonchev–Trinajstić information content (AvgIpc) is 3.20. The Morgan fingerprint density at radius 2 is 1.69 bits per heavy atom. The highest BCUT2D eigenvalue weighted by molar-refractivity contribution is 6.31. The second-order valence-corrected chi connectivity index (χ2v) is 11.0. The van der Waals surface area contributed by atoms with E-state index < -0.39 is 5.41 Å². The molecule has 1 aromatic heterocycles. The van der Waals surface area contributed by atoms with Gasteiger partial charge in [-0.2, -0.15) is 5.26 Å². The van der Waals surface area contributed by atoms with E-state index in [-0.39, 0.29) is 5.92 Å². The molecule has 1 saturated heterocycles. The van der Waals surface area contributed by atoms with Gasteiger partial charge in [-0.05, 0) is 55.0 Å². The van der Waals surface area contributed by atoms with Gasteiger partial charge in [0.05, 0.1) is 22.5 Å². The van der Waals surface area contributed by atoms with E-state index in [1.165, 1.54) is 5.52 Å². The molecule has 1 aliphatic rings. The van der Waals surface area contributed by atoms with Crippen LogP contribution in [0.4, 0.5) is 5.95 Å². The van der Waals surface area contributed by atoms with Crippen molar-refractivity contribution in [3.05, 3.63) is 59.1 Å². The second kappa shape index (κ2) is 11.0. The third-order valence-electron chi connectivity index (χ3n) is 7.42. The first-order chi connectivity index (χ1) is 16.9. The molecule has 6 heteroatoms. The van der Waals surface area contributed by atoms with E-state index in [0.29, 0.717) is 10.9 Å². The first-order valence-corrected chi connectivity index (χ1v) is 13.3. The predicted octanol–water partition coefficient (Wildman–Crippen LogP) is 6.37. The Labute approximate surface area is 215 Å². The monoisotopic (exact) mass is 491 g/mol. The summed E-state index contributed by atoms with van der Waals surface area (Å²) in [6.45, 7) is 14.7. The van der Waals surface area contributed by atoms with Crippen LogP contribution in [-0.4, -0.2) is 47.2 Å². The van der Waals surface area contributed by atoms with E-state index in [2.05, 4.69) is 72.4 Å². The van der Waals surface area contributed by atoms with Gasteiger partial charge in [0.15, 0.2) is 0 Å². The maximum absolute atomic E-state index is 10.2. The third-order valence-corrected chi connectivity index (χ3v) is 7.75. The van der Waals surface area contributed by atoms with Gasteiger partial charge in [-0.15, -0.1) is 0 Å². The molecule has 5 nitrogen and oxygen atoms in total. The smallest absolute Gasteiger partial charge is 0.206 e.